The van der Waals surface area contributed by atoms with Gasteiger partial charge >= 0.3 is 0 Å². The van der Waals surface area contributed by atoms with Gasteiger partial charge in [0, 0.05) is 46.0 Å². The molecule has 0 aliphatic carbocycles. The van der Waals surface area contributed by atoms with Gasteiger partial charge in [0.05, 0.1) is 11.6 Å². The summed E-state index contributed by atoms with van der Waals surface area (Å²) < 4.78 is 0.920. The number of nitriles is 1. The van der Waals surface area contributed by atoms with E-state index in [9.17, 15) is 0 Å². The number of halogens is 1. The van der Waals surface area contributed by atoms with Crippen LogP contribution in [0.15, 0.2) is 120 Å². The number of pyridine rings is 2. The average Bonchev–Trinajstić information content (AvgIpc) is 3.01. The molecule has 0 spiro atoms. The fraction of sp³-hybridized carbons (Fsp3) is 0. The first kappa shape index (κ1) is 24.3. The van der Waals surface area contributed by atoms with Crippen molar-refractivity contribution in [2.45, 2.75) is 0 Å². The maximum Gasteiger partial charge on any atom is 0.165 e. The van der Waals surface area contributed by atoms with Crippen LogP contribution in [0.25, 0.3) is 56.4 Å². The van der Waals surface area contributed by atoms with Crippen LogP contribution in [0.2, 0.25) is 0 Å². The maximum absolute atomic E-state index is 9.08. The van der Waals surface area contributed by atoms with Crippen molar-refractivity contribution < 1.29 is 0 Å². The highest BCUT2D eigenvalue weighted by atomic mass is 79.9. The molecule has 3 aromatic heterocycles. The van der Waals surface area contributed by atoms with Gasteiger partial charge in [0.15, 0.2) is 17.5 Å². The summed E-state index contributed by atoms with van der Waals surface area (Å²) in [6.07, 6.45) is 7.03. The molecule has 39 heavy (non-hydrogen) atoms. The summed E-state index contributed by atoms with van der Waals surface area (Å²) in [5.74, 6) is 1.67. The second kappa shape index (κ2) is 10.7. The molecule has 0 saturated carbocycles. The molecule has 0 fully saturated rings. The molecule has 0 unspecified atom stereocenters. The standard InChI is InChI=1S/C32H19BrN6/c33-29-17-27(24-11-14-35-15-12-24)16-28(18-29)32-38-30(37-31(39-32)26-2-1-13-36-20-26)25-9-7-23(8-10-25)22-5-3-21(19-34)4-6-22/h1-18,20H. The van der Waals surface area contributed by atoms with E-state index in [-0.39, 0.29) is 0 Å². The van der Waals surface area contributed by atoms with Crippen molar-refractivity contribution in [3.8, 4) is 62.5 Å². The number of hydrogen-bond donors (Lipinski definition) is 0. The first-order valence-corrected chi connectivity index (χ1v) is 12.9. The third-order valence-electron chi connectivity index (χ3n) is 6.22. The van der Waals surface area contributed by atoms with Crippen LogP contribution >= 0.6 is 15.9 Å². The van der Waals surface area contributed by atoms with E-state index in [1.54, 1.807) is 24.8 Å². The van der Waals surface area contributed by atoms with E-state index in [1.165, 1.54) is 0 Å². The van der Waals surface area contributed by atoms with Crippen LogP contribution in [0.3, 0.4) is 0 Å². The molecule has 0 N–H and O–H groups in total. The largest absolute Gasteiger partial charge is 0.265 e. The van der Waals surface area contributed by atoms with E-state index >= 15 is 0 Å². The molecule has 6 nitrogen and oxygen atoms in total. The fourth-order valence-electron chi connectivity index (χ4n) is 4.24. The summed E-state index contributed by atoms with van der Waals surface area (Å²) in [5, 5.41) is 9.08. The molecule has 7 heteroatoms. The predicted octanol–water partition coefficient (Wildman–Crippen LogP) is 7.63. The Morgan fingerprint density at radius 3 is 1.72 bits per heavy atom. The first-order chi connectivity index (χ1) is 19.2. The van der Waals surface area contributed by atoms with Crippen molar-refractivity contribution in [2.24, 2.45) is 0 Å². The van der Waals surface area contributed by atoms with E-state index in [4.69, 9.17) is 20.2 Å². The van der Waals surface area contributed by atoms with E-state index in [0.29, 0.717) is 23.0 Å². The molecule has 0 radical (unpaired) electrons. The smallest absolute Gasteiger partial charge is 0.165 e. The Kier molecular flexibility index (Phi) is 6.69. The summed E-state index contributed by atoms with van der Waals surface area (Å²) in [4.78, 5) is 22.9. The topological polar surface area (TPSA) is 88.2 Å². The lowest BCUT2D eigenvalue weighted by molar-refractivity contribution is 1.07. The van der Waals surface area contributed by atoms with Gasteiger partial charge in [-0.3, -0.25) is 9.97 Å². The maximum atomic E-state index is 9.08. The SMILES string of the molecule is N#Cc1ccc(-c2ccc(-c3nc(-c4cccnc4)nc(-c4cc(Br)cc(-c5ccncc5)c4)n3)cc2)cc1. The zero-order valence-corrected chi connectivity index (χ0v) is 22.1. The highest BCUT2D eigenvalue weighted by Gasteiger charge is 2.14. The number of aromatic nitrogens is 5. The lowest BCUT2D eigenvalue weighted by atomic mass is 10.0. The highest BCUT2D eigenvalue weighted by molar-refractivity contribution is 9.10. The Morgan fingerprint density at radius 1 is 0.513 bits per heavy atom. The van der Waals surface area contributed by atoms with Gasteiger partial charge in [-0.25, -0.2) is 15.0 Å². The molecule has 6 rings (SSSR count). The van der Waals surface area contributed by atoms with Gasteiger partial charge in [0.25, 0.3) is 0 Å². The van der Waals surface area contributed by atoms with Crippen LogP contribution in [0.4, 0.5) is 0 Å². The van der Waals surface area contributed by atoms with Gasteiger partial charge in [0.2, 0.25) is 0 Å². The van der Waals surface area contributed by atoms with E-state index in [2.05, 4.69) is 44.1 Å². The van der Waals surface area contributed by atoms with Crippen LogP contribution in [0.1, 0.15) is 5.56 Å². The van der Waals surface area contributed by atoms with Gasteiger partial charge in [-0.1, -0.05) is 52.3 Å². The molecule has 0 aliphatic heterocycles. The van der Waals surface area contributed by atoms with Crippen molar-refractivity contribution >= 4 is 15.9 Å². The molecule has 0 saturated heterocycles. The zero-order valence-electron chi connectivity index (χ0n) is 20.5. The van der Waals surface area contributed by atoms with E-state index in [0.717, 1.165) is 43.4 Å². The summed E-state index contributed by atoms with van der Waals surface area (Å²) in [7, 11) is 0. The summed E-state index contributed by atoms with van der Waals surface area (Å²) >= 11 is 3.66. The Labute approximate surface area is 233 Å². The molecule has 3 aromatic carbocycles. The van der Waals surface area contributed by atoms with Crippen molar-refractivity contribution in [3.05, 3.63) is 126 Å². The molecule has 0 atom stereocenters. The predicted molar refractivity (Wildman–Crippen MR) is 155 cm³/mol. The second-order valence-electron chi connectivity index (χ2n) is 8.78. The van der Waals surface area contributed by atoms with Crippen molar-refractivity contribution in [2.75, 3.05) is 0 Å². The highest BCUT2D eigenvalue weighted by Crippen LogP contribution is 2.31. The van der Waals surface area contributed by atoms with Crippen LogP contribution in [-0.4, -0.2) is 24.9 Å². The minimum atomic E-state index is 0.546. The number of hydrogen-bond acceptors (Lipinski definition) is 6. The molecule has 0 aliphatic rings. The number of benzene rings is 3. The average molecular weight is 567 g/mol. The first-order valence-electron chi connectivity index (χ1n) is 12.1. The lowest BCUT2D eigenvalue weighted by Gasteiger charge is -2.11. The summed E-state index contributed by atoms with van der Waals surface area (Å²) in [6.45, 7) is 0. The van der Waals surface area contributed by atoms with Crippen LogP contribution in [0, 0.1) is 11.3 Å². The third kappa shape index (κ3) is 5.33. The van der Waals surface area contributed by atoms with Gasteiger partial charge in [-0.15, -0.1) is 0 Å². The van der Waals surface area contributed by atoms with Crippen LogP contribution in [-0.2, 0) is 0 Å². The number of rotatable bonds is 5. The number of nitrogens with zero attached hydrogens (tertiary/aromatic N) is 6. The lowest BCUT2D eigenvalue weighted by Crippen LogP contribution is -2.00. The monoisotopic (exact) mass is 566 g/mol. The van der Waals surface area contributed by atoms with Crippen LogP contribution in [0.5, 0.6) is 0 Å². The Balaban J connectivity index is 1.45. The van der Waals surface area contributed by atoms with E-state index < -0.39 is 0 Å². The Morgan fingerprint density at radius 2 is 1.08 bits per heavy atom. The quantitative estimate of drug-likeness (QED) is 0.213. The zero-order chi connectivity index (χ0) is 26.6. The van der Waals surface area contributed by atoms with Crippen molar-refractivity contribution in [3.63, 3.8) is 0 Å². The minimum absolute atomic E-state index is 0.546. The Bertz CT molecular complexity index is 1800. The molecule has 6 aromatic rings. The third-order valence-corrected chi connectivity index (χ3v) is 6.67. The normalized spacial score (nSPS) is 10.7. The van der Waals surface area contributed by atoms with Gasteiger partial charge in [-0.2, -0.15) is 5.26 Å². The van der Waals surface area contributed by atoms with Gasteiger partial charge in [-0.05, 0) is 76.9 Å². The summed E-state index contributed by atoms with van der Waals surface area (Å²) in [6, 6.07) is 31.6. The van der Waals surface area contributed by atoms with Gasteiger partial charge < -0.3 is 0 Å². The molecule has 0 bridgehead atoms. The molecule has 184 valence electrons. The minimum Gasteiger partial charge on any atom is -0.265 e. The molecule has 3 heterocycles. The molecular formula is C32H19BrN6. The Hall–Kier alpha value is -5.06. The second-order valence-corrected chi connectivity index (χ2v) is 9.69. The molecule has 0 amide bonds. The van der Waals surface area contributed by atoms with Gasteiger partial charge in [0.1, 0.15) is 0 Å². The summed E-state index contributed by atoms with van der Waals surface area (Å²) in [5.41, 5.74) is 7.32. The molecular weight excluding hydrogens is 548 g/mol. The van der Waals surface area contributed by atoms with Crippen molar-refractivity contribution in [1.29, 1.82) is 5.26 Å². The van der Waals surface area contributed by atoms with E-state index in [1.807, 2.05) is 78.9 Å². The fourth-order valence-corrected chi connectivity index (χ4v) is 4.73. The van der Waals surface area contributed by atoms with Crippen molar-refractivity contribution in [1.82, 2.24) is 24.9 Å². The van der Waals surface area contributed by atoms with Crippen LogP contribution < -0.4 is 0 Å².